The first-order valence-corrected chi connectivity index (χ1v) is 7.56. The van der Waals surface area contributed by atoms with Crippen molar-refractivity contribution in [3.63, 3.8) is 0 Å². The summed E-state index contributed by atoms with van der Waals surface area (Å²) in [6.07, 6.45) is -3.59. The molecule has 1 aliphatic rings. The van der Waals surface area contributed by atoms with Crippen molar-refractivity contribution < 1.29 is 17.6 Å². The van der Waals surface area contributed by atoms with Crippen molar-refractivity contribution in [2.75, 3.05) is 13.1 Å². The van der Waals surface area contributed by atoms with Gasteiger partial charge in [-0.05, 0) is 57.5 Å². The van der Waals surface area contributed by atoms with Gasteiger partial charge in [0.15, 0.2) is 0 Å². The highest BCUT2D eigenvalue weighted by Crippen LogP contribution is 2.38. The van der Waals surface area contributed by atoms with Crippen LogP contribution in [-0.4, -0.2) is 30.1 Å². The molecule has 1 aliphatic heterocycles. The number of hydrogen-bond donors (Lipinski definition) is 1. The summed E-state index contributed by atoms with van der Waals surface area (Å²) in [5.74, 6) is -0.636. The molecule has 0 amide bonds. The fourth-order valence-electron chi connectivity index (χ4n) is 3.38. The molecule has 2 nitrogen and oxygen atoms in total. The molecule has 2 rings (SSSR count). The van der Waals surface area contributed by atoms with Gasteiger partial charge in [-0.2, -0.15) is 13.2 Å². The van der Waals surface area contributed by atoms with E-state index in [9.17, 15) is 17.6 Å². The summed E-state index contributed by atoms with van der Waals surface area (Å²) in [6.45, 7) is 7.25. The van der Waals surface area contributed by atoms with Gasteiger partial charge in [0.1, 0.15) is 5.82 Å². The second kappa shape index (κ2) is 6.54. The van der Waals surface area contributed by atoms with Crippen LogP contribution in [0.3, 0.4) is 0 Å². The topological polar surface area (TPSA) is 15.3 Å². The lowest BCUT2D eigenvalue weighted by Gasteiger charge is -2.38. The van der Waals surface area contributed by atoms with Gasteiger partial charge in [0.2, 0.25) is 0 Å². The van der Waals surface area contributed by atoms with E-state index in [1.54, 1.807) is 6.92 Å². The second-order valence-electron chi connectivity index (χ2n) is 6.09. The zero-order valence-electron chi connectivity index (χ0n) is 13.0. The Morgan fingerprint density at radius 1 is 1.23 bits per heavy atom. The molecule has 0 saturated carbocycles. The van der Waals surface area contributed by atoms with Gasteiger partial charge in [-0.25, -0.2) is 4.39 Å². The second-order valence-corrected chi connectivity index (χ2v) is 6.09. The van der Waals surface area contributed by atoms with E-state index >= 15 is 0 Å². The molecule has 6 heteroatoms. The lowest BCUT2D eigenvalue weighted by atomic mass is 9.96. The molecule has 1 unspecified atom stereocenters. The van der Waals surface area contributed by atoms with Gasteiger partial charge < -0.3 is 5.32 Å². The summed E-state index contributed by atoms with van der Waals surface area (Å²) < 4.78 is 53.2. The third-order valence-corrected chi connectivity index (χ3v) is 4.27. The van der Waals surface area contributed by atoms with Gasteiger partial charge >= 0.3 is 6.18 Å². The van der Waals surface area contributed by atoms with Crippen LogP contribution < -0.4 is 5.32 Å². The van der Waals surface area contributed by atoms with E-state index in [0.29, 0.717) is 0 Å². The Hall–Kier alpha value is -1.14. The van der Waals surface area contributed by atoms with Crippen LogP contribution in [0.15, 0.2) is 18.2 Å². The van der Waals surface area contributed by atoms with Gasteiger partial charge in [-0.1, -0.05) is 0 Å². The molecular formula is C16H22F4N2. The van der Waals surface area contributed by atoms with Crippen LogP contribution in [0, 0.1) is 5.82 Å². The average Bonchev–Trinajstić information content (AvgIpc) is 2.90. The maximum atomic E-state index is 13.5. The number of nitrogens with zero attached hydrogens (tertiary/aromatic N) is 1. The normalized spacial score (nSPS) is 20.9. The number of nitrogens with one attached hydrogen (secondary N) is 1. The fourth-order valence-corrected chi connectivity index (χ4v) is 3.38. The van der Waals surface area contributed by atoms with Crippen molar-refractivity contribution in [1.82, 2.24) is 10.2 Å². The van der Waals surface area contributed by atoms with Crippen LogP contribution in [0.1, 0.15) is 44.4 Å². The lowest BCUT2D eigenvalue weighted by Crippen LogP contribution is -2.43. The van der Waals surface area contributed by atoms with E-state index in [0.717, 1.165) is 37.7 Å². The zero-order valence-corrected chi connectivity index (χ0v) is 13.0. The molecular weight excluding hydrogens is 296 g/mol. The van der Waals surface area contributed by atoms with Crippen molar-refractivity contribution in [3.05, 3.63) is 35.1 Å². The summed E-state index contributed by atoms with van der Waals surface area (Å²) in [5, 5.41) is 3.23. The first-order valence-electron chi connectivity index (χ1n) is 7.56. The Bertz CT molecular complexity index is 507. The van der Waals surface area contributed by atoms with Crippen molar-refractivity contribution >= 4 is 0 Å². The van der Waals surface area contributed by atoms with E-state index in [2.05, 4.69) is 5.32 Å². The Morgan fingerprint density at radius 2 is 1.91 bits per heavy atom. The third kappa shape index (κ3) is 3.60. The third-order valence-electron chi connectivity index (χ3n) is 4.27. The molecule has 0 radical (unpaired) electrons. The minimum atomic E-state index is -4.48. The molecule has 0 aromatic heterocycles. The van der Waals surface area contributed by atoms with Crippen molar-refractivity contribution in [3.8, 4) is 0 Å². The number of rotatable bonds is 4. The van der Waals surface area contributed by atoms with E-state index in [4.69, 9.17) is 0 Å². The van der Waals surface area contributed by atoms with E-state index in [1.807, 2.05) is 18.7 Å². The predicted molar refractivity (Wildman–Crippen MR) is 78.1 cm³/mol. The number of alkyl halides is 3. The van der Waals surface area contributed by atoms with Crippen LogP contribution in [0.2, 0.25) is 0 Å². The maximum absolute atomic E-state index is 13.5. The Labute approximate surface area is 128 Å². The lowest BCUT2D eigenvalue weighted by molar-refractivity contribution is -0.139. The Kier molecular flexibility index (Phi) is 5.12. The van der Waals surface area contributed by atoms with Crippen LogP contribution in [0.4, 0.5) is 17.6 Å². The van der Waals surface area contributed by atoms with E-state index in [1.165, 1.54) is 0 Å². The Morgan fingerprint density at radius 3 is 2.41 bits per heavy atom. The van der Waals surface area contributed by atoms with Crippen LogP contribution in [0.25, 0.3) is 0 Å². The maximum Gasteiger partial charge on any atom is 0.416 e. The standard InChI is InChI=1S/C16H22F4N2/c1-10(2)22(13-6-7-21-9-13)11(3)14-8-12(17)4-5-15(14)16(18,19)20/h4-5,8,10-11,13,21H,6-7,9H2,1-3H3/t11?,13-/m0/s1. The monoisotopic (exact) mass is 318 g/mol. The number of halogens is 4. The minimum Gasteiger partial charge on any atom is -0.315 e. The summed E-state index contributed by atoms with van der Waals surface area (Å²) in [4.78, 5) is 2.05. The Balaban J connectivity index is 2.41. The molecule has 2 atom stereocenters. The average molecular weight is 318 g/mol. The highest BCUT2D eigenvalue weighted by Gasteiger charge is 2.37. The minimum absolute atomic E-state index is 0.00750. The molecule has 1 heterocycles. The van der Waals surface area contributed by atoms with Crippen LogP contribution >= 0.6 is 0 Å². The van der Waals surface area contributed by atoms with Crippen molar-refractivity contribution in [2.45, 2.75) is 51.5 Å². The number of hydrogen-bond acceptors (Lipinski definition) is 2. The zero-order chi connectivity index (χ0) is 16.5. The molecule has 1 fully saturated rings. The first kappa shape index (κ1) is 17.2. The molecule has 0 bridgehead atoms. The largest absolute Gasteiger partial charge is 0.416 e. The van der Waals surface area contributed by atoms with Crippen molar-refractivity contribution in [1.29, 1.82) is 0 Å². The van der Waals surface area contributed by atoms with Gasteiger partial charge in [0.05, 0.1) is 5.56 Å². The number of benzene rings is 1. The first-order chi connectivity index (χ1) is 10.2. The SMILES string of the molecule is CC(C)N(C(C)c1cc(F)ccc1C(F)(F)F)[C@H]1CCNC1. The van der Waals surface area contributed by atoms with Gasteiger partial charge in [0, 0.05) is 24.7 Å². The quantitative estimate of drug-likeness (QED) is 0.845. The van der Waals surface area contributed by atoms with Crippen molar-refractivity contribution in [2.24, 2.45) is 0 Å². The molecule has 0 spiro atoms. The molecule has 0 aliphatic carbocycles. The van der Waals surface area contributed by atoms with Crippen LogP contribution in [0.5, 0.6) is 0 Å². The molecule has 1 saturated heterocycles. The van der Waals surface area contributed by atoms with E-state index in [-0.39, 0.29) is 17.6 Å². The molecule has 124 valence electrons. The van der Waals surface area contributed by atoms with Gasteiger partial charge in [-0.3, -0.25) is 4.90 Å². The molecule has 1 aromatic carbocycles. The van der Waals surface area contributed by atoms with Gasteiger partial charge in [0.25, 0.3) is 0 Å². The summed E-state index contributed by atoms with van der Waals surface area (Å²) >= 11 is 0. The van der Waals surface area contributed by atoms with Gasteiger partial charge in [-0.15, -0.1) is 0 Å². The summed E-state index contributed by atoms with van der Waals surface area (Å²) in [6, 6.07) is 2.47. The van der Waals surface area contributed by atoms with Crippen LogP contribution in [-0.2, 0) is 6.18 Å². The summed E-state index contributed by atoms with van der Waals surface area (Å²) in [7, 11) is 0. The molecule has 1 N–H and O–H groups in total. The fraction of sp³-hybridized carbons (Fsp3) is 0.625. The highest BCUT2D eigenvalue weighted by molar-refractivity contribution is 5.33. The molecule has 22 heavy (non-hydrogen) atoms. The smallest absolute Gasteiger partial charge is 0.315 e. The molecule has 1 aromatic rings. The highest BCUT2D eigenvalue weighted by atomic mass is 19.4. The predicted octanol–water partition coefficient (Wildman–Crippen LogP) is 3.98. The summed E-state index contributed by atoms with van der Waals surface area (Å²) in [5.41, 5.74) is -0.744. The van der Waals surface area contributed by atoms with E-state index < -0.39 is 23.6 Å².